The Morgan fingerprint density at radius 2 is 1.76 bits per heavy atom. The number of oxazole rings is 1. The molecule has 21 heavy (non-hydrogen) atoms. The van der Waals surface area contributed by atoms with Gasteiger partial charge in [0, 0.05) is 6.92 Å². The SMILES string of the molecule is Cc1n(-c2nc3ccccc3o2)c2ccccc2[n+]1C.[I-]. The van der Waals surface area contributed by atoms with Crippen molar-refractivity contribution in [1.29, 1.82) is 0 Å². The van der Waals surface area contributed by atoms with Crippen molar-refractivity contribution in [3.05, 3.63) is 54.4 Å². The van der Waals surface area contributed by atoms with Crippen LogP contribution < -0.4 is 28.5 Å². The summed E-state index contributed by atoms with van der Waals surface area (Å²) in [6.45, 7) is 2.06. The lowest BCUT2D eigenvalue weighted by Crippen LogP contribution is -3.00. The zero-order chi connectivity index (χ0) is 13.7. The molecule has 0 aliphatic heterocycles. The van der Waals surface area contributed by atoms with Crippen LogP contribution in [-0.2, 0) is 7.05 Å². The first-order valence-corrected chi connectivity index (χ1v) is 6.58. The number of benzene rings is 2. The van der Waals surface area contributed by atoms with Crippen molar-refractivity contribution in [3.8, 4) is 6.01 Å². The summed E-state index contributed by atoms with van der Waals surface area (Å²) in [7, 11) is 2.05. The second-order valence-electron chi connectivity index (χ2n) is 4.89. The van der Waals surface area contributed by atoms with Gasteiger partial charge in [0.25, 0.3) is 5.82 Å². The van der Waals surface area contributed by atoms with E-state index in [0.717, 1.165) is 28.0 Å². The standard InChI is InChI=1S/C16H14N3O.HI/c1-11-18(2)13-8-4-5-9-14(13)19(11)16-17-12-7-3-6-10-15(12)20-16;/h3-10H,1-2H3;1H/q+1;/p-1. The normalized spacial score (nSPS) is 11.0. The van der Waals surface area contributed by atoms with Crippen LogP contribution in [0.5, 0.6) is 0 Å². The molecule has 2 aromatic carbocycles. The maximum absolute atomic E-state index is 5.89. The highest BCUT2D eigenvalue weighted by atomic mass is 127. The Labute approximate surface area is 139 Å². The summed E-state index contributed by atoms with van der Waals surface area (Å²) in [5.41, 5.74) is 3.94. The Bertz CT molecular complexity index is 906. The molecule has 0 fully saturated rings. The van der Waals surface area contributed by atoms with E-state index < -0.39 is 0 Å². The zero-order valence-corrected chi connectivity index (χ0v) is 13.9. The number of halogens is 1. The van der Waals surface area contributed by atoms with Crippen LogP contribution >= 0.6 is 0 Å². The van der Waals surface area contributed by atoms with Crippen LogP contribution in [0.1, 0.15) is 5.82 Å². The number of imidazole rings is 1. The lowest BCUT2D eigenvalue weighted by atomic mass is 10.3. The van der Waals surface area contributed by atoms with Crippen LogP contribution in [0.2, 0.25) is 0 Å². The lowest BCUT2D eigenvalue weighted by Gasteiger charge is -1.91. The van der Waals surface area contributed by atoms with Gasteiger partial charge in [-0.2, -0.15) is 4.98 Å². The third-order valence-electron chi connectivity index (χ3n) is 3.77. The van der Waals surface area contributed by atoms with Crippen molar-refractivity contribution in [3.63, 3.8) is 0 Å². The first kappa shape index (κ1) is 14.1. The van der Waals surface area contributed by atoms with E-state index in [1.165, 1.54) is 0 Å². The summed E-state index contributed by atoms with van der Waals surface area (Å²) >= 11 is 0. The first-order chi connectivity index (χ1) is 9.75. The quantitative estimate of drug-likeness (QED) is 0.336. The minimum absolute atomic E-state index is 0. The van der Waals surface area contributed by atoms with Crippen molar-refractivity contribution >= 4 is 22.1 Å². The maximum Gasteiger partial charge on any atom is 0.402 e. The molecule has 2 aromatic heterocycles. The van der Waals surface area contributed by atoms with Gasteiger partial charge in [0.1, 0.15) is 5.52 Å². The molecule has 0 N–H and O–H groups in total. The zero-order valence-electron chi connectivity index (χ0n) is 11.7. The van der Waals surface area contributed by atoms with E-state index in [1.54, 1.807) is 0 Å². The van der Waals surface area contributed by atoms with Gasteiger partial charge in [-0.25, -0.2) is 4.57 Å². The fourth-order valence-corrected chi connectivity index (χ4v) is 2.63. The first-order valence-electron chi connectivity index (χ1n) is 6.58. The van der Waals surface area contributed by atoms with Crippen LogP contribution in [0.15, 0.2) is 52.9 Å². The molecule has 0 unspecified atom stereocenters. The van der Waals surface area contributed by atoms with E-state index in [2.05, 4.69) is 40.2 Å². The van der Waals surface area contributed by atoms with E-state index in [-0.39, 0.29) is 24.0 Å². The van der Waals surface area contributed by atoms with Crippen LogP contribution in [-0.4, -0.2) is 9.55 Å². The molecule has 0 aliphatic carbocycles. The molecule has 2 heterocycles. The predicted molar refractivity (Wildman–Crippen MR) is 76.8 cm³/mol. The summed E-state index contributed by atoms with van der Waals surface area (Å²) in [4.78, 5) is 4.59. The fourth-order valence-electron chi connectivity index (χ4n) is 2.63. The average Bonchev–Trinajstić information content (AvgIpc) is 3.00. The Morgan fingerprint density at radius 1 is 1.05 bits per heavy atom. The third-order valence-corrected chi connectivity index (χ3v) is 3.77. The fraction of sp³-hybridized carbons (Fsp3) is 0.125. The summed E-state index contributed by atoms with van der Waals surface area (Å²) < 4.78 is 10.1. The van der Waals surface area contributed by atoms with E-state index >= 15 is 0 Å². The Morgan fingerprint density at radius 3 is 2.57 bits per heavy atom. The molecule has 4 aromatic rings. The van der Waals surface area contributed by atoms with Gasteiger partial charge < -0.3 is 28.4 Å². The van der Waals surface area contributed by atoms with E-state index in [0.29, 0.717) is 6.01 Å². The van der Waals surface area contributed by atoms with Crippen molar-refractivity contribution in [2.24, 2.45) is 7.05 Å². The van der Waals surface area contributed by atoms with Crippen LogP contribution in [0.4, 0.5) is 0 Å². The second-order valence-corrected chi connectivity index (χ2v) is 4.89. The summed E-state index contributed by atoms with van der Waals surface area (Å²) in [6, 6.07) is 16.7. The number of nitrogens with zero attached hydrogens (tertiary/aromatic N) is 3. The highest BCUT2D eigenvalue weighted by Gasteiger charge is 2.24. The molecule has 5 heteroatoms. The molecule has 0 atom stereocenters. The molecule has 0 spiro atoms. The number of para-hydroxylation sites is 4. The van der Waals surface area contributed by atoms with Crippen molar-refractivity contribution in [1.82, 2.24) is 9.55 Å². The highest BCUT2D eigenvalue weighted by Crippen LogP contribution is 2.22. The third kappa shape index (κ3) is 2.03. The van der Waals surface area contributed by atoms with Gasteiger partial charge in [0.2, 0.25) is 0 Å². The van der Waals surface area contributed by atoms with Crippen molar-refractivity contribution in [2.75, 3.05) is 0 Å². The highest BCUT2D eigenvalue weighted by molar-refractivity contribution is 5.76. The second kappa shape index (κ2) is 5.14. The molecule has 106 valence electrons. The molecule has 0 saturated heterocycles. The van der Waals surface area contributed by atoms with E-state index in [1.807, 2.05) is 36.4 Å². The van der Waals surface area contributed by atoms with Gasteiger partial charge in [-0.1, -0.05) is 24.3 Å². The molecule has 0 amide bonds. The molecule has 0 saturated carbocycles. The molecular formula is C16H14IN3O. The minimum Gasteiger partial charge on any atom is -1.00 e. The Kier molecular flexibility index (Phi) is 3.44. The van der Waals surface area contributed by atoms with Gasteiger partial charge in [0.15, 0.2) is 16.6 Å². The smallest absolute Gasteiger partial charge is 0.402 e. The summed E-state index contributed by atoms with van der Waals surface area (Å²) in [6.07, 6.45) is 0. The summed E-state index contributed by atoms with van der Waals surface area (Å²) in [5, 5.41) is 0. The van der Waals surface area contributed by atoms with Gasteiger partial charge in [-0.05, 0) is 24.3 Å². The molecular weight excluding hydrogens is 377 g/mol. The molecule has 0 bridgehead atoms. The van der Waals surface area contributed by atoms with Crippen LogP contribution in [0.25, 0.3) is 28.1 Å². The van der Waals surface area contributed by atoms with Crippen LogP contribution in [0, 0.1) is 6.92 Å². The van der Waals surface area contributed by atoms with E-state index in [4.69, 9.17) is 4.42 Å². The van der Waals surface area contributed by atoms with Gasteiger partial charge in [-0.15, -0.1) is 4.57 Å². The molecule has 4 nitrogen and oxygen atoms in total. The number of hydrogen-bond acceptors (Lipinski definition) is 2. The Balaban J connectivity index is 0.00000132. The largest absolute Gasteiger partial charge is 1.00 e. The number of aryl methyl sites for hydroxylation is 1. The van der Waals surface area contributed by atoms with Gasteiger partial charge in [0.05, 0.1) is 7.05 Å². The topological polar surface area (TPSA) is 34.8 Å². The summed E-state index contributed by atoms with van der Waals surface area (Å²) in [5.74, 6) is 1.08. The number of rotatable bonds is 1. The molecule has 0 aliphatic rings. The number of aromatic nitrogens is 3. The van der Waals surface area contributed by atoms with E-state index in [9.17, 15) is 0 Å². The number of fused-ring (bicyclic) bond motifs is 2. The molecule has 4 rings (SSSR count). The Hall–Kier alpha value is -1.89. The average molecular weight is 391 g/mol. The van der Waals surface area contributed by atoms with Crippen molar-refractivity contribution < 1.29 is 33.0 Å². The van der Waals surface area contributed by atoms with Crippen LogP contribution in [0.3, 0.4) is 0 Å². The lowest BCUT2D eigenvalue weighted by molar-refractivity contribution is -0.652. The van der Waals surface area contributed by atoms with Gasteiger partial charge >= 0.3 is 6.01 Å². The van der Waals surface area contributed by atoms with Gasteiger partial charge in [-0.3, -0.25) is 0 Å². The monoisotopic (exact) mass is 391 g/mol. The minimum atomic E-state index is 0. The maximum atomic E-state index is 5.89. The molecule has 0 radical (unpaired) electrons. The number of hydrogen-bond donors (Lipinski definition) is 0. The van der Waals surface area contributed by atoms with Crippen molar-refractivity contribution in [2.45, 2.75) is 6.92 Å². The predicted octanol–water partition coefficient (Wildman–Crippen LogP) is -0.0914.